The Bertz CT molecular complexity index is 421. The van der Waals surface area contributed by atoms with Gasteiger partial charge in [0.25, 0.3) is 0 Å². The molecule has 1 aromatic carbocycles. The Morgan fingerprint density at radius 1 is 1.10 bits per heavy atom. The lowest BCUT2D eigenvalue weighted by molar-refractivity contribution is -0.139. The molecule has 7 heteroatoms. The van der Waals surface area contributed by atoms with Crippen LogP contribution in [0.4, 0.5) is 13.2 Å². The predicted molar refractivity (Wildman–Crippen MR) is 70.2 cm³/mol. The number of ether oxygens (including phenoxy) is 3. The van der Waals surface area contributed by atoms with E-state index in [2.05, 4.69) is 0 Å². The van der Waals surface area contributed by atoms with Crippen LogP contribution in [0.2, 0.25) is 0 Å². The van der Waals surface area contributed by atoms with Crippen LogP contribution < -0.4 is 4.74 Å². The maximum absolute atomic E-state index is 12.9. The number of aliphatic hydroxyl groups is 1. The van der Waals surface area contributed by atoms with Gasteiger partial charge in [-0.15, -0.1) is 0 Å². The monoisotopic (exact) mass is 308 g/mol. The van der Waals surface area contributed by atoms with Gasteiger partial charge in [-0.1, -0.05) is 6.07 Å². The fraction of sp³-hybridized carbons (Fsp3) is 0.571. The predicted octanol–water partition coefficient (Wildman–Crippen LogP) is 2.63. The molecule has 0 aliphatic rings. The third-order valence-electron chi connectivity index (χ3n) is 2.65. The zero-order valence-electron chi connectivity index (χ0n) is 11.8. The highest BCUT2D eigenvalue weighted by atomic mass is 19.4. The number of benzene rings is 1. The minimum absolute atomic E-state index is 0.0224. The molecule has 1 rings (SSSR count). The number of aliphatic hydroxyl groups excluding tert-OH is 1. The highest BCUT2D eigenvalue weighted by Gasteiger charge is 2.34. The van der Waals surface area contributed by atoms with Gasteiger partial charge in [0, 0.05) is 20.3 Å². The van der Waals surface area contributed by atoms with E-state index in [9.17, 15) is 13.2 Å². The van der Waals surface area contributed by atoms with Crippen LogP contribution in [0.1, 0.15) is 17.5 Å². The molecule has 0 atom stereocenters. The number of halogens is 3. The largest absolute Gasteiger partial charge is 0.491 e. The van der Waals surface area contributed by atoms with Gasteiger partial charge >= 0.3 is 6.18 Å². The summed E-state index contributed by atoms with van der Waals surface area (Å²) in [4.78, 5) is 0. The standard InChI is InChI=1S/C14H19F3O4/c1-19-5-2-6-20-7-8-21-13-4-3-11(10-18)9-12(13)14(15,16)17/h3-4,9,18H,2,5-8,10H2,1H3. The summed E-state index contributed by atoms with van der Waals surface area (Å²) >= 11 is 0. The van der Waals surface area contributed by atoms with Gasteiger partial charge in [-0.25, -0.2) is 0 Å². The van der Waals surface area contributed by atoms with Crippen molar-refractivity contribution in [1.82, 2.24) is 0 Å². The maximum atomic E-state index is 12.9. The number of alkyl halides is 3. The van der Waals surface area contributed by atoms with Gasteiger partial charge in [-0.3, -0.25) is 0 Å². The summed E-state index contributed by atoms with van der Waals surface area (Å²) in [5.41, 5.74) is -0.709. The molecule has 4 nitrogen and oxygen atoms in total. The molecule has 0 saturated heterocycles. The second-order valence-corrected chi connectivity index (χ2v) is 4.29. The first-order valence-electron chi connectivity index (χ1n) is 6.49. The lowest BCUT2D eigenvalue weighted by Crippen LogP contribution is -2.13. The average Bonchev–Trinajstić information content (AvgIpc) is 2.45. The Labute approximate surface area is 121 Å². The SMILES string of the molecule is COCCCOCCOc1ccc(CO)cc1C(F)(F)F. The van der Waals surface area contributed by atoms with Gasteiger partial charge in [-0.05, 0) is 24.1 Å². The fourth-order valence-electron chi connectivity index (χ4n) is 1.64. The van der Waals surface area contributed by atoms with Crippen molar-refractivity contribution in [3.63, 3.8) is 0 Å². The summed E-state index contributed by atoms with van der Waals surface area (Å²) in [6.07, 6.45) is -3.81. The van der Waals surface area contributed by atoms with Crippen LogP contribution in [-0.4, -0.2) is 38.6 Å². The van der Waals surface area contributed by atoms with Gasteiger partial charge in [0.15, 0.2) is 0 Å². The maximum Gasteiger partial charge on any atom is 0.419 e. The van der Waals surface area contributed by atoms with E-state index in [4.69, 9.17) is 19.3 Å². The molecule has 0 fully saturated rings. The minimum atomic E-state index is -4.53. The summed E-state index contributed by atoms with van der Waals surface area (Å²) in [5.74, 6) is -0.264. The molecule has 0 spiro atoms. The Balaban J connectivity index is 2.51. The summed E-state index contributed by atoms with van der Waals surface area (Å²) < 4.78 is 53.8. The molecule has 21 heavy (non-hydrogen) atoms. The Kier molecular flexibility index (Phi) is 7.49. The lowest BCUT2D eigenvalue weighted by atomic mass is 10.1. The molecule has 0 aliphatic heterocycles. The molecule has 1 N–H and O–H groups in total. The molecule has 0 radical (unpaired) electrons. The third-order valence-corrected chi connectivity index (χ3v) is 2.65. The smallest absolute Gasteiger partial charge is 0.419 e. The Morgan fingerprint density at radius 3 is 2.48 bits per heavy atom. The van der Waals surface area contributed by atoms with E-state index in [1.54, 1.807) is 7.11 Å². The normalized spacial score (nSPS) is 11.7. The Hall–Kier alpha value is -1.31. The molecule has 0 amide bonds. The van der Waals surface area contributed by atoms with Crippen molar-refractivity contribution in [2.75, 3.05) is 33.5 Å². The Morgan fingerprint density at radius 2 is 1.86 bits per heavy atom. The molecule has 1 aromatic rings. The zero-order valence-corrected chi connectivity index (χ0v) is 11.8. The average molecular weight is 308 g/mol. The van der Waals surface area contributed by atoms with Crippen LogP contribution in [0.15, 0.2) is 18.2 Å². The quantitative estimate of drug-likeness (QED) is 0.713. The van der Waals surface area contributed by atoms with Crippen molar-refractivity contribution in [2.45, 2.75) is 19.2 Å². The van der Waals surface area contributed by atoms with Crippen molar-refractivity contribution in [2.24, 2.45) is 0 Å². The first-order valence-corrected chi connectivity index (χ1v) is 6.49. The van der Waals surface area contributed by atoms with Crippen LogP contribution in [-0.2, 0) is 22.3 Å². The van der Waals surface area contributed by atoms with Gasteiger partial charge in [0.2, 0.25) is 0 Å². The van der Waals surface area contributed by atoms with Crippen LogP contribution >= 0.6 is 0 Å². The van der Waals surface area contributed by atoms with Crippen LogP contribution in [0.5, 0.6) is 5.75 Å². The van der Waals surface area contributed by atoms with E-state index in [1.807, 2.05) is 0 Å². The molecule has 0 bridgehead atoms. The number of rotatable bonds is 9. The van der Waals surface area contributed by atoms with Gasteiger partial charge < -0.3 is 19.3 Å². The molecule has 0 heterocycles. The van der Waals surface area contributed by atoms with Crippen molar-refractivity contribution >= 4 is 0 Å². The lowest BCUT2D eigenvalue weighted by Gasteiger charge is -2.15. The van der Waals surface area contributed by atoms with E-state index >= 15 is 0 Å². The van der Waals surface area contributed by atoms with Gasteiger partial charge in [0.05, 0.1) is 18.8 Å². The van der Waals surface area contributed by atoms with Crippen molar-refractivity contribution in [3.8, 4) is 5.75 Å². The van der Waals surface area contributed by atoms with E-state index in [0.717, 1.165) is 12.5 Å². The topological polar surface area (TPSA) is 47.9 Å². The van der Waals surface area contributed by atoms with Crippen LogP contribution in [0.3, 0.4) is 0 Å². The van der Waals surface area contributed by atoms with Crippen molar-refractivity contribution < 1.29 is 32.5 Å². The van der Waals surface area contributed by atoms with Crippen molar-refractivity contribution in [1.29, 1.82) is 0 Å². The van der Waals surface area contributed by atoms with E-state index in [0.29, 0.717) is 13.2 Å². The number of hydrogen-bond acceptors (Lipinski definition) is 4. The second kappa shape index (κ2) is 8.86. The number of methoxy groups -OCH3 is 1. The molecule has 0 saturated carbocycles. The first kappa shape index (κ1) is 17.7. The van der Waals surface area contributed by atoms with Gasteiger partial charge in [0.1, 0.15) is 12.4 Å². The summed E-state index contributed by atoms with van der Waals surface area (Å²) in [6, 6.07) is 3.48. The van der Waals surface area contributed by atoms with E-state index in [-0.39, 0.29) is 24.5 Å². The van der Waals surface area contributed by atoms with E-state index < -0.39 is 18.3 Å². The zero-order chi connectivity index (χ0) is 15.7. The van der Waals surface area contributed by atoms with Crippen LogP contribution in [0.25, 0.3) is 0 Å². The molecule has 0 aromatic heterocycles. The van der Waals surface area contributed by atoms with Crippen molar-refractivity contribution in [3.05, 3.63) is 29.3 Å². The highest BCUT2D eigenvalue weighted by Crippen LogP contribution is 2.36. The third kappa shape index (κ3) is 6.33. The number of hydrogen-bond donors (Lipinski definition) is 1. The van der Waals surface area contributed by atoms with Gasteiger partial charge in [-0.2, -0.15) is 13.2 Å². The van der Waals surface area contributed by atoms with E-state index in [1.165, 1.54) is 12.1 Å². The molecular formula is C14H19F3O4. The molecule has 120 valence electrons. The summed E-state index contributed by atoms with van der Waals surface area (Å²) in [5, 5.41) is 8.90. The molecule has 0 aliphatic carbocycles. The minimum Gasteiger partial charge on any atom is -0.491 e. The van der Waals surface area contributed by atoms with Crippen LogP contribution in [0, 0.1) is 0 Å². The highest BCUT2D eigenvalue weighted by molar-refractivity contribution is 5.39. The second-order valence-electron chi connectivity index (χ2n) is 4.29. The molecule has 0 unspecified atom stereocenters. The summed E-state index contributed by atoms with van der Waals surface area (Å²) in [6.45, 7) is 0.803. The fourth-order valence-corrected chi connectivity index (χ4v) is 1.64. The summed E-state index contributed by atoms with van der Waals surface area (Å²) in [7, 11) is 1.58. The first-order chi connectivity index (χ1) is 9.99. The molecular weight excluding hydrogens is 289 g/mol.